The lowest BCUT2D eigenvalue weighted by molar-refractivity contribution is 0.631. The second-order valence-corrected chi connectivity index (χ2v) is 4.53. The van der Waals surface area contributed by atoms with Gasteiger partial charge in [0, 0.05) is 16.1 Å². The van der Waals surface area contributed by atoms with Crippen LogP contribution in [0.3, 0.4) is 0 Å². The third-order valence-electron chi connectivity index (χ3n) is 2.05. The Morgan fingerprint density at radius 1 is 1.25 bits per heavy atom. The average molecular weight is 303 g/mol. The quantitative estimate of drug-likeness (QED) is 0.802. The first-order valence-corrected chi connectivity index (χ1v) is 5.58. The van der Waals surface area contributed by atoms with Crippen molar-refractivity contribution in [2.24, 2.45) is 0 Å². The molecule has 5 heteroatoms. The maximum absolute atomic E-state index is 13.5. The van der Waals surface area contributed by atoms with Crippen LogP contribution < -0.4 is 5.56 Å². The van der Waals surface area contributed by atoms with E-state index < -0.39 is 5.82 Å². The van der Waals surface area contributed by atoms with Gasteiger partial charge in [0.25, 0.3) is 0 Å². The molecule has 2 rings (SSSR count). The van der Waals surface area contributed by atoms with E-state index in [0.29, 0.717) is 11.1 Å². The second-order valence-electron chi connectivity index (χ2n) is 3.21. The number of hydrogen-bond acceptors (Lipinski definition) is 1. The Balaban J connectivity index is 2.66. The van der Waals surface area contributed by atoms with Gasteiger partial charge >= 0.3 is 0 Å². The highest BCUT2D eigenvalue weighted by atomic mass is 79.9. The molecule has 16 heavy (non-hydrogen) atoms. The highest BCUT2D eigenvalue weighted by molar-refractivity contribution is 9.10. The molecule has 1 N–H and O–H groups in total. The molecule has 0 spiro atoms. The van der Waals surface area contributed by atoms with Crippen LogP contribution in [0, 0.1) is 5.82 Å². The van der Waals surface area contributed by atoms with Crippen LogP contribution in [0.4, 0.5) is 4.39 Å². The van der Waals surface area contributed by atoms with E-state index in [9.17, 15) is 9.18 Å². The van der Waals surface area contributed by atoms with Crippen molar-refractivity contribution in [2.75, 3.05) is 0 Å². The van der Waals surface area contributed by atoms with E-state index in [4.69, 9.17) is 11.6 Å². The molecule has 0 fully saturated rings. The summed E-state index contributed by atoms with van der Waals surface area (Å²) in [5.74, 6) is -0.398. The Bertz CT molecular complexity index is 597. The van der Waals surface area contributed by atoms with Gasteiger partial charge in [-0.15, -0.1) is 0 Å². The lowest BCUT2D eigenvalue weighted by atomic mass is 10.1. The summed E-state index contributed by atoms with van der Waals surface area (Å²) in [7, 11) is 0. The molecule has 1 aromatic heterocycles. The van der Waals surface area contributed by atoms with Gasteiger partial charge in [0.15, 0.2) is 0 Å². The zero-order valence-corrected chi connectivity index (χ0v) is 10.3. The third kappa shape index (κ3) is 2.33. The van der Waals surface area contributed by atoms with E-state index in [-0.39, 0.29) is 10.7 Å². The molecule has 0 saturated carbocycles. The van der Waals surface area contributed by atoms with Gasteiger partial charge < -0.3 is 4.98 Å². The third-order valence-corrected chi connectivity index (χ3v) is 2.75. The molecule has 82 valence electrons. The number of aromatic nitrogens is 1. The Morgan fingerprint density at radius 3 is 2.69 bits per heavy atom. The molecule has 0 atom stereocenters. The Kier molecular flexibility index (Phi) is 3.12. The smallest absolute Gasteiger partial charge is 0.249 e. The van der Waals surface area contributed by atoms with Gasteiger partial charge in [0.1, 0.15) is 11.0 Å². The van der Waals surface area contributed by atoms with Crippen molar-refractivity contribution < 1.29 is 4.39 Å². The van der Waals surface area contributed by atoms with E-state index in [2.05, 4.69) is 20.9 Å². The minimum absolute atomic E-state index is 0.182. The van der Waals surface area contributed by atoms with Crippen LogP contribution in [-0.4, -0.2) is 4.98 Å². The van der Waals surface area contributed by atoms with Crippen molar-refractivity contribution in [3.05, 3.63) is 56.1 Å². The zero-order valence-electron chi connectivity index (χ0n) is 7.93. The predicted octanol–water partition coefficient (Wildman–Crippen LogP) is 3.60. The monoisotopic (exact) mass is 301 g/mol. The zero-order chi connectivity index (χ0) is 11.7. The van der Waals surface area contributed by atoms with Crippen LogP contribution in [0.1, 0.15) is 0 Å². The van der Waals surface area contributed by atoms with Gasteiger partial charge in [-0.05, 0) is 29.8 Å². The second kappa shape index (κ2) is 4.39. The summed E-state index contributed by atoms with van der Waals surface area (Å²) in [4.78, 5) is 13.6. The fraction of sp³-hybridized carbons (Fsp3) is 0. The molecule has 0 aliphatic carbocycles. The molecule has 1 aromatic carbocycles. The first kappa shape index (κ1) is 11.4. The van der Waals surface area contributed by atoms with E-state index >= 15 is 0 Å². The first-order chi connectivity index (χ1) is 7.56. The molecule has 0 aliphatic rings. The standard InChI is InChI=1S/C11H6BrClFNO/c12-7-1-2-9(14)8(5-7)6-3-10(13)15-11(16)4-6/h1-5H,(H,15,16). The van der Waals surface area contributed by atoms with Crippen LogP contribution in [0.25, 0.3) is 11.1 Å². The summed E-state index contributed by atoms with van der Waals surface area (Å²) in [6.07, 6.45) is 0. The van der Waals surface area contributed by atoms with Crippen LogP contribution in [-0.2, 0) is 0 Å². The summed E-state index contributed by atoms with van der Waals surface area (Å²) in [5.41, 5.74) is 0.428. The van der Waals surface area contributed by atoms with Crippen LogP contribution in [0.15, 0.2) is 39.6 Å². The van der Waals surface area contributed by atoms with Crippen LogP contribution in [0.2, 0.25) is 5.15 Å². The van der Waals surface area contributed by atoms with E-state index in [0.717, 1.165) is 4.47 Å². The van der Waals surface area contributed by atoms with Crippen LogP contribution >= 0.6 is 27.5 Å². The number of aromatic amines is 1. The number of benzene rings is 1. The summed E-state index contributed by atoms with van der Waals surface area (Å²) < 4.78 is 14.3. The SMILES string of the molecule is O=c1cc(-c2cc(Br)ccc2F)cc(Cl)[nH]1. The predicted molar refractivity (Wildman–Crippen MR) is 65.2 cm³/mol. The van der Waals surface area contributed by atoms with E-state index in [1.54, 1.807) is 12.1 Å². The van der Waals surface area contributed by atoms with E-state index in [1.807, 2.05) is 0 Å². The lowest BCUT2D eigenvalue weighted by Crippen LogP contribution is -2.04. The largest absolute Gasteiger partial charge is 0.313 e. The van der Waals surface area contributed by atoms with Crippen LogP contribution in [0.5, 0.6) is 0 Å². The number of rotatable bonds is 1. The minimum atomic E-state index is -0.398. The molecule has 2 aromatic rings. The summed E-state index contributed by atoms with van der Waals surface area (Å²) in [6.45, 7) is 0. The first-order valence-electron chi connectivity index (χ1n) is 4.41. The fourth-order valence-corrected chi connectivity index (χ4v) is 1.96. The van der Waals surface area contributed by atoms with E-state index in [1.165, 1.54) is 18.2 Å². The highest BCUT2D eigenvalue weighted by Gasteiger charge is 2.07. The van der Waals surface area contributed by atoms with Crippen molar-refractivity contribution in [3.8, 4) is 11.1 Å². The summed E-state index contributed by atoms with van der Waals surface area (Å²) >= 11 is 8.95. The Hall–Kier alpha value is -1.13. The summed E-state index contributed by atoms with van der Waals surface area (Å²) in [5, 5.41) is 0.182. The van der Waals surface area contributed by atoms with Gasteiger partial charge in [0.05, 0.1) is 0 Å². The molecule has 0 saturated heterocycles. The number of hydrogen-bond donors (Lipinski definition) is 1. The van der Waals surface area contributed by atoms with Gasteiger partial charge in [-0.3, -0.25) is 4.79 Å². The molecule has 0 amide bonds. The molecule has 0 radical (unpaired) electrons. The molecule has 0 unspecified atom stereocenters. The number of pyridine rings is 1. The van der Waals surface area contributed by atoms with Gasteiger partial charge in [0.2, 0.25) is 5.56 Å². The van der Waals surface area contributed by atoms with Gasteiger partial charge in [-0.25, -0.2) is 4.39 Å². The molecule has 0 bridgehead atoms. The highest BCUT2D eigenvalue weighted by Crippen LogP contribution is 2.26. The van der Waals surface area contributed by atoms with Gasteiger partial charge in [-0.2, -0.15) is 0 Å². The summed E-state index contributed by atoms with van der Waals surface area (Å²) in [6, 6.07) is 7.33. The van der Waals surface area contributed by atoms with Crippen molar-refractivity contribution in [1.29, 1.82) is 0 Å². The Labute approximate surface area is 104 Å². The molecule has 0 aliphatic heterocycles. The molecular formula is C11H6BrClFNO. The van der Waals surface area contributed by atoms with Crippen molar-refractivity contribution >= 4 is 27.5 Å². The average Bonchev–Trinajstić information content (AvgIpc) is 2.20. The maximum Gasteiger partial charge on any atom is 0.249 e. The lowest BCUT2D eigenvalue weighted by Gasteiger charge is -2.04. The normalized spacial score (nSPS) is 10.4. The van der Waals surface area contributed by atoms with Crippen molar-refractivity contribution in [1.82, 2.24) is 4.98 Å². The topological polar surface area (TPSA) is 32.9 Å². The minimum Gasteiger partial charge on any atom is -0.313 e. The molecule has 2 nitrogen and oxygen atoms in total. The van der Waals surface area contributed by atoms with Crippen molar-refractivity contribution in [3.63, 3.8) is 0 Å². The molecular weight excluding hydrogens is 296 g/mol. The fourth-order valence-electron chi connectivity index (χ4n) is 1.38. The Morgan fingerprint density at radius 2 is 2.00 bits per heavy atom. The number of halogens is 3. The van der Waals surface area contributed by atoms with Gasteiger partial charge in [-0.1, -0.05) is 27.5 Å². The number of H-pyrrole nitrogens is 1. The van der Waals surface area contributed by atoms with Crippen molar-refractivity contribution in [2.45, 2.75) is 0 Å². The molecule has 1 heterocycles. The maximum atomic E-state index is 13.5. The number of nitrogens with one attached hydrogen (secondary N) is 1.